The Morgan fingerprint density at radius 3 is 2.77 bits per heavy atom. The summed E-state index contributed by atoms with van der Waals surface area (Å²) in [7, 11) is 0. The summed E-state index contributed by atoms with van der Waals surface area (Å²) in [6.45, 7) is 2.33. The fraction of sp³-hybridized carbons (Fsp3) is 0.389. The summed E-state index contributed by atoms with van der Waals surface area (Å²) in [6.07, 6.45) is 2.61. The molecule has 2 amide bonds. The molecule has 26 heavy (non-hydrogen) atoms. The van der Waals surface area contributed by atoms with Gasteiger partial charge < -0.3 is 15.5 Å². The number of nitrogens with one attached hydrogen (secondary N) is 3. The second-order valence-corrected chi connectivity index (χ2v) is 6.73. The monoisotopic (exact) mass is 357 g/mol. The molecule has 2 saturated heterocycles. The standard InChI is InChI=1S/C18H20FN5O2/c19-13-3-1-2-12(10-13)15-14(11-22-23-15)16(25)24-8-4-18(5-9-24)17(26)20-6-7-21-18/h1-3,10-11,21H,4-9H2,(H,20,26)(H,22,23). The number of hydrogen-bond donors (Lipinski definition) is 3. The molecule has 4 rings (SSSR count). The molecular weight excluding hydrogens is 337 g/mol. The summed E-state index contributed by atoms with van der Waals surface area (Å²) in [5.74, 6) is -0.520. The summed E-state index contributed by atoms with van der Waals surface area (Å²) < 4.78 is 13.5. The van der Waals surface area contributed by atoms with E-state index >= 15 is 0 Å². The summed E-state index contributed by atoms with van der Waals surface area (Å²) >= 11 is 0. The molecule has 1 aromatic carbocycles. The highest BCUT2D eigenvalue weighted by atomic mass is 19.1. The van der Waals surface area contributed by atoms with Crippen molar-refractivity contribution in [2.24, 2.45) is 0 Å². The molecule has 8 heteroatoms. The molecule has 1 spiro atoms. The van der Waals surface area contributed by atoms with Gasteiger partial charge in [0.05, 0.1) is 17.5 Å². The summed E-state index contributed by atoms with van der Waals surface area (Å²) in [5, 5.41) is 13.0. The average Bonchev–Trinajstić information content (AvgIpc) is 3.14. The van der Waals surface area contributed by atoms with Gasteiger partial charge in [0, 0.05) is 31.7 Å². The Labute approximate surface area is 150 Å². The van der Waals surface area contributed by atoms with Gasteiger partial charge in [0.25, 0.3) is 5.91 Å². The largest absolute Gasteiger partial charge is 0.353 e. The third kappa shape index (κ3) is 2.86. The minimum atomic E-state index is -0.573. The normalized spacial score (nSPS) is 19.4. The number of benzene rings is 1. The smallest absolute Gasteiger partial charge is 0.257 e. The zero-order valence-corrected chi connectivity index (χ0v) is 14.2. The highest BCUT2D eigenvalue weighted by molar-refractivity contribution is 6.00. The molecular formula is C18H20FN5O2. The van der Waals surface area contributed by atoms with E-state index in [0.717, 1.165) is 6.54 Å². The lowest BCUT2D eigenvalue weighted by Gasteiger charge is -2.43. The van der Waals surface area contributed by atoms with Crippen LogP contribution in [0.2, 0.25) is 0 Å². The van der Waals surface area contributed by atoms with Crippen molar-refractivity contribution in [3.8, 4) is 11.3 Å². The molecule has 3 N–H and O–H groups in total. The molecule has 0 aliphatic carbocycles. The highest BCUT2D eigenvalue weighted by Crippen LogP contribution is 2.27. The molecule has 2 fully saturated rings. The molecule has 0 atom stereocenters. The quantitative estimate of drug-likeness (QED) is 0.745. The molecule has 3 heterocycles. The van der Waals surface area contributed by atoms with Crippen LogP contribution in [0.4, 0.5) is 4.39 Å². The molecule has 2 aliphatic heterocycles. The number of halogens is 1. The van der Waals surface area contributed by atoms with E-state index in [9.17, 15) is 14.0 Å². The Kier molecular flexibility index (Phi) is 4.20. The molecule has 1 aromatic heterocycles. The van der Waals surface area contributed by atoms with Crippen molar-refractivity contribution in [3.63, 3.8) is 0 Å². The fourth-order valence-corrected chi connectivity index (χ4v) is 3.71. The van der Waals surface area contributed by atoms with Crippen LogP contribution in [0, 0.1) is 5.82 Å². The number of hydrogen-bond acceptors (Lipinski definition) is 4. The number of aromatic nitrogens is 2. The lowest BCUT2D eigenvalue weighted by atomic mass is 9.85. The second-order valence-electron chi connectivity index (χ2n) is 6.73. The SMILES string of the molecule is O=C(c1cn[nH]c1-c1cccc(F)c1)N1CCC2(CC1)NCCNC2=O. The maximum absolute atomic E-state index is 13.5. The number of H-pyrrole nitrogens is 1. The Hall–Kier alpha value is -2.74. The van der Waals surface area contributed by atoms with Crippen molar-refractivity contribution in [2.45, 2.75) is 18.4 Å². The highest BCUT2D eigenvalue weighted by Gasteiger charge is 2.43. The third-order valence-corrected chi connectivity index (χ3v) is 5.20. The van der Waals surface area contributed by atoms with Gasteiger partial charge >= 0.3 is 0 Å². The molecule has 2 aromatic rings. The summed E-state index contributed by atoms with van der Waals surface area (Å²) in [6, 6.07) is 6.05. The van der Waals surface area contributed by atoms with Crippen LogP contribution in [0.3, 0.4) is 0 Å². The van der Waals surface area contributed by atoms with Gasteiger partial charge in [0.15, 0.2) is 0 Å². The Morgan fingerprint density at radius 1 is 1.23 bits per heavy atom. The van der Waals surface area contributed by atoms with Gasteiger partial charge in [0.2, 0.25) is 5.91 Å². The van der Waals surface area contributed by atoms with E-state index in [1.165, 1.54) is 18.3 Å². The predicted molar refractivity (Wildman–Crippen MR) is 92.9 cm³/mol. The van der Waals surface area contributed by atoms with E-state index in [4.69, 9.17) is 0 Å². The Balaban J connectivity index is 1.52. The number of amides is 2. The first kappa shape index (κ1) is 16.7. The number of carbonyl (C=O) groups excluding carboxylic acids is 2. The maximum Gasteiger partial charge on any atom is 0.257 e. The van der Waals surface area contributed by atoms with Crippen molar-refractivity contribution in [3.05, 3.63) is 41.8 Å². The Morgan fingerprint density at radius 2 is 2.04 bits per heavy atom. The molecule has 0 radical (unpaired) electrons. The van der Waals surface area contributed by atoms with E-state index in [-0.39, 0.29) is 17.6 Å². The fourth-order valence-electron chi connectivity index (χ4n) is 3.71. The van der Waals surface area contributed by atoms with Crippen molar-refractivity contribution in [1.82, 2.24) is 25.7 Å². The predicted octanol–water partition coefficient (Wildman–Crippen LogP) is 0.910. The number of carbonyl (C=O) groups is 2. The van der Waals surface area contributed by atoms with Crippen molar-refractivity contribution >= 4 is 11.8 Å². The zero-order valence-electron chi connectivity index (χ0n) is 14.2. The van der Waals surface area contributed by atoms with Crippen LogP contribution in [0.5, 0.6) is 0 Å². The van der Waals surface area contributed by atoms with Gasteiger partial charge in [-0.3, -0.25) is 14.7 Å². The zero-order chi connectivity index (χ0) is 18.1. The number of aromatic amines is 1. The van der Waals surface area contributed by atoms with E-state index in [2.05, 4.69) is 20.8 Å². The number of rotatable bonds is 2. The number of likely N-dealkylation sites (tertiary alicyclic amines) is 1. The van der Waals surface area contributed by atoms with Crippen molar-refractivity contribution in [2.75, 3.05) is 26.2 Å². The molecule has 0 bridgehead atoms. The molecule has 7 nitrogen and oxygen atoms in total. The van der Waals surface area contributed by atoms with Crippen LogP contribution in [0.15, 0.2) is 30.5 Å². The van der Waals surface area contributed by atoms with E-state index in [1.807, 2.05) is 0 Å². The minimum absolute atomic E-state index is 0.0135. The first-order valence-corrected chi connectivity index (χ1v) is 8.71. The van der Waals surface area contributed by atoms with Gasteiger partial charge in [-0.2, -0.15) is 5.10 Å². The topological polar surface area (TPSA) is 90.1 Å². The molecule has 136 valence electrons. The van der Waals surface area contributed by atoms with Gasteiger partial charge in [-0.05, 0) is 25.0 Å². The number of nitrogens with zero attached hydrogens (tertiary/aromatic N) is 2. The van der Waals surface area contributed by atoms with Gasteiger partial charge in [-0.15, -0.1) is 0 Å². The van der Waals surface area contributed by atoms with Crippen LogP contribution in [-0.2, 0) is 4.79 Å². The molecule has 0 unspecified atom stereocenters. The molecule has 0 saturated carbocycles. The lowest BCUT2D eigenvalue weighted by molar-refractivity contribution is -0.131. The van der Waals surface area contributed by atoms with Crippen LogP contribution in [-0.4, -0.2) is 58.6 Å². The van der Waals surface area contributed by atoms with Gasteiger partial charge in [-0.1, -0.05) is 12.1 Å². The average molecular weight is 357 g/mol. The van der Waals surface area contributed by atoms with E-state index in [0.29, 0.717) is 49.3 Å². The molecule has 2 aliphatic rings. The van der Waals surface area contributed by atoms with E-state index < -0.39 is 5.54 Å². The van der Waals surface area contributed by atoms with Crippen LogP contribution >= 0.6 is 0 Å². The first-order chi connectivity index (χ1) is 12.6. The number of piperazine rings is 1. The maximum atomic E-state index is 13.5. The van der Waals surface area contributed by atoms with Crippen LogP contribution in [0.25, 0.3) is 11.3 Å². The minimum Gasteiger partial charge on any atom is -0.353 e. The summed E-state index contributed by atoms with van der Waals surface area (Å²) in [4.78, 5) is 26.9. The second kappa shape index (κ2) is 6.53. The van der Waals surface area contributed by atoms with Gasteiger partial charge in [-0.25, -0.2) is 4.39 Å². The Bertz CT molecular complexity index is 842. The van der Waals surface area contributed by atoms with Gasteiger partial charge in [0.1, 0.15) is 11.4 Å². The lowest BCUT2D eigenvalue weighted by Crippen LogP contribution is -2.66. The number of piperidine rings is 1. The van der Waals surface area contributed by atoms with Crippen LogP contribution in [0.1, 0.15) is 23.2 Å². The van der Waals surface area contributed by atoms with Crippen LogP contribution < -0.4 is 10.6 Å². The van der Waals surface area contributed by atoms with Crippen molar-refractivity contribution < 1.29 is 14.0 Å². The van der Waals surface area contributed by atoms with E-state index in [1.54, 1.807) is 17.0 Å². The van der Waals surface area contributed by atoms with Crippen molar-refractivity contribution in [1.29, 1.82) is 0 Å². The summed E-state index contributed by atoms with van der Waals surface area (Å²) in [5.41, 5.74) is 0.917. The third-order valence-electron chi connectivity index (χ3n) is 5.20. The first-order valence-electron chi connectivity index (χ1n) is 8.71.